The highest BCUT2D eigenvalue weighted by Gasteiger charge is 2.19. The van der Waals surface area contributed by atoms with Crippen LogP contribution in [0, 0.1) is 6.92 Å². The van der Waals surface area contributed by atoms with Crippen molar-refractivity contribution in [3.05, 3.63) is 60.2 Å². The molecule has 0 spiro atoms. The maximum atomic E-state index is 11.9. The van der Waals surface area contributed by atoms with E-state index in [1.54, 1.807) is 13.1 Å². The van der Waals surface area contributed by atoms with Crippen LogP contribution in [0.4, 0.5) is 17.5 Å². The van der Waals surface area contributed by atoms with Crippen LogP contribution in [0.1, 0.15) is 29.5 Å². The SMILES string of the molecule is CC[C@@H](Nc1nnc(C(N)=O)c(Nc2cccc3c2ccn3-c2ccnc(C)c2)n1)C(N)=O. The summed E-state index contributed by atoms with van der Waals surface area (Å²) in [5, 5.41) is 14.6. The Bertz CT molecular complexity index is 1350. The third kappa shape index (κ3) is 4.42. The summed E-state index contributed by atoms with van der Waals surface area (Å²) < 4.78 is 2.04. The molecule has 0 radical (unpaired) electrons. The van der Waals surface area contributed by atoms with E-state index in [-0.39, 0.29) is 17.5 Å². The van der Waals surface area contributed by atoms with Gasteiger partial charge in [-0.05, 0) is 43.7 Å². The van der Waals surface area contributed by atoms with Crippen LogP contribution in [0.15, 0.2) is 48.8 Å². The fourth-order valence-electron chi connectivity index (χ4n) is 3.48. The number of primary amides is 2. The van der Waals surface area contributed by atoms with Crippen LogP contribution in [0.3, 0.4) is 0 Å². The normalized spacial score (nSPS) is 11.8. The van der Waals surface area contributed by atoms with Crippen molar-refractivity contribution in [3.8, 4) is 5.69 Å². The molecule has 6 N–H and O–H groups in total. The number of benzene rings is 1. The number of carbonyl (C=O) groups excluding carboxylic acids is 2. The molecule has 0 saturated carbocycles. The van der Waals surface area contributed by atoms with Gasteiger partial charge in [-0.25, -0.2) is 0 Å². The number of anilines is 3. The van der Waals surface area contributed by atoms with Crippen molar-refractivity contribution >= 4 is 40.2 Å². The molecular formula is C22H23N9O2. The van der Waals surface area contributed by atoms with E-state index >= 15 is 0 Å². The summed E-state index contributed by atoms with van der Waals surface area (Å²) in [6, 6.07) is 10.9. The van der Waals surface area contributed by atoms with Gasteiger partial charge in [0.1, 0.15) is 6.04 Å². The lowest BCUT2D eigenvalue weighted by molar-refractivity contribution is -0.118. The molecule has 0 aliphatic carbocycles. The predicted octanol–water partition coefficient (Wildman–Crippen LogP) is 2.04. The van der Waals surface area contributed by atoms with Gasteiger partial charge >= 0.3 is 0 Å². The van der Waals surface area contributed by atoms with Crippen molar-refractivity contribution in [2.24, 2.45) is 11.5 Å². The lowest BCUT2D eigenvalue weighted by Crippen LogP contribution is -2.35. The smallest absolute Gasteiger partial charge is 0.273 e. The van der Waals surface area contributed by atoms with Gasteiger partial charge in [0.25, 0.3) is 5.91 Å². The quantitative estimate of drug-likeness (QED) is 0.319. The summed E-state index contributed by atoms with van der Waals surface area (Å²) >= 11 is 0. The van der Waals surface area contributed by atoms with Gasteiger partial charge in [-0.1, -0.05) is 13.0 Å². The Morgan fingerprint density at radius 3 is 2.67 bits per heavy atom. The van der Waals surface area contributed by atoms with Crippen LogP contribution in [0.25, 0.3) is 16.6 Å². The Labute approximate surface area is 189 Å². The van der Waals surface area contributed by atoms with Crippen molar-refractivity contribution in [3.63, 3.8) is 0 Å². The van der Waals surface area contributed by atoms with E-state index in [2.05, 4.69) is 30.8 Å². The van der Waals surface area contributed by atoms with Gasteiger partial charge in [0.2, 0.25) is 11.9 Å². The Hall–Kier alpha value is -4.54. The van der Waals surface area contributed by atoms with Crippen LogP contribution in [-0.2, 0) is 4.79 Å². The molecule has 11 heteroatoms. The minimum Gasteiger partial charge on any atom is -0.368 e. The molecule has 0 fully saturated rings. The standard InChI is InChI=1S/C22H23N9O2/c1-3-15(19(23)32)27-22-28-21(18(20(24)33)29-30-22)26-16-5-4-6-17-14(16)8-10-31(17)13-7-9-25-12(2)11-13/h4-11,15H,3H2,1-2H3,(H2,23,32)(H2,24,33)(H2,26,27,28,30)/t15-/m1/s1. The second-order valence-electron chi connectivity index (χ2n) is 7.41. The fraction of sp³-hybridized carbons (Fsp3) is 0.182. The number of hydrogen-bond acceptors (Lipinski definition) is 8. The topological polar surface area (TPSA) is 167 Å². The number of hydrogen-bond donors (Lipinski definition) is 4. The Morgan fingerprint density at radius 1 is 1.15 bits per heavy atom. The Morgan fingerprint density at radius 2 is 1.97 bits per heavy atom. The van der Waals surface area contributed by atoms with Gasteiger partial charge in [0, 0.05) is 34.8 Å². The highest BCUT2D eigenvalue weighted by atomic mass is 16.1. The molecule has 3 heterocycles. The summed E-state index contributed by atoms with van der Waals surface area (Å²) in [6.45, 7) is 3.73. The van der Waals surface area contributed by atoms with Crippen molar-refractivity contribution < 1.29 is 9.59 Å². The largest absolute Gasteiger partial charge is 0.368 e. The van der Waals surface area contributed by atoms with Crippen molar-refractivity contribution in [2.75, 3.05) is 10.6 Å². The zero-order valence-electron chi connectivity index (χ0n) is 18.1. The molecule has 0 bridgehead atoms. The van der Waals surface area contributed by atoms with Crippen molar-refractivity contribution in [1.29, 1.82) is 0 Å². The minimum atomic E-state index is -0.789. The molecule has 0 saturated heterocycles. The summed E-state index contributed by atoms with van der Waals surface area (Å²) in [4.78, 5) is 32.1. The summed E-state index contributed by atoms with van der Waals surface area (Å²) in [5.41, 5.74) is 14.2. The number of nitrogens with two attached hydrogens (primary N) is 2. The maximum absolute atomic E-state index is 11.9. The summed E-state index contributed by atoms with van der Waals surface area (Å²) in [7, 11) is 0. The third-order valence-corrected chi connectivity index (χ3v) is 5.12. The van der Waals surface area contributed by atoms with Gasteiger partial charge in [0.05, 0.1) is 5.52 Å². The average molecular weight is 445 g/mol. The van der Waals surface area contributed by atoms with Gasteiger partial charge < -0.3 is 26.7 Å². The van der Waals surface area contributed by atoms with Gasteiger partial charge in [-0.2, -0.15) is 4.98 Å². The van der Waals surface area contributed by atoms with Crippen LogP contribution in [0.2, 0.25) is 0 Å². The lowest BCUT2D eigenvalue weighted by Gasteiger charge is -2.15. The molecule has 33 heavy (non-hydrogen) atoms. The van der Waals surface area contributed by atoms with E-state index in [0.29, 0.717) is 12.1 Å². The zero-order valence-corrected chi connectivity index (χ0v) is 18.1. The number of carbonyl (C=O) groups is 2. The molecule has 11 nitrogen and oxygen atoms in total. The molecule has 1 atom stereocenters. The third-order valence-electron chi connectivity index (χ3n) is 5.12. The van der Waals surface area contributed by atoms with Gasteiger partial charge in [0.15, 0.2) is 11.5 Å². The first-order valence-corrected chi connectivity index (χ1v) is 10.3. The second-order valence-corrected chi connectivity index (χ2v) is 7.41. The van der Waals surface area contributed by atoms with Crippen LogP contribution < -0.4 is 22.1 Å². The summed E-state index contributed by atoms with van der Waals surface area (Å²) in [5.74, 6) is -1.18. The first-order chi connectivity index (χ1) is 15.9. The molecular weight excluding hydrogens is 422 g/mol. The molecule has 3 aromatic heterocycles. The minimum absolute atomic E-state index is 0.0464. The first-order valence-electron chi connectivity index (χ1n) is 10.3. The van der Waals surface area contributed by atoms with Crippen LogP contribution in [0.5, 0.6) is 0 Å². The number of aromatic nitrogens is 5. The zero-order chi connectivity index (χ0) is 23.5. The van der Waals surface area contributed by atoms with E-state index in [9.17, 15) is 9.59 Å². The van der Waals surface area contributed by atoms with Gasteiger partial charge in [-0.3, -0.25) is 14.6 Å². The lowest BCUT2D eigenvalue weighted by atomic mass is 10.2. The number of fused-ring (bicyclic) bond motifs is 1. The number of rotatable bonds is 8. The first kappa shape index (κ1) is 21.7. The van der Waals surface area contributed by atoms with Gasteiger partial charge in [-0.15, -0.1) is 10.2 Å². The second kappa shape index (κ2) is 8.91. The van der Waals surface area contributed by atoms with Crippen molar-refractivity contribution in [1.82, 2.24) is 24.7 Å². The number of aryl methyl sites for hydroxylation is 1. The molecule has 1 aromatic carbocycles. The van der Waals surface area contributed by atoms with E-state index in [1.807, 2.05) is 54.1 Å². The maximum Gasteiger partial charge on any atom is 0.273 e. The average Bonchev–Trinajstić information content (AvgIpc) is 3.22. The molecule has 0 unspecified atom stereocenters. The monoisotopic (exact) mass is 445 g/mol. The van der Waals surface area contributed by atoms with Crippen LogP contribution >= 0.6 is 0 Å². The van der Waals surface area contributed by atoms with Crippen molar-refractivity contribution in [2.45, 2.75) is 26.3 Å². The molecule has 0 aliphatic rings. The predicted molar refractivity (Wildman–Crippen MR) is 124 cm³/mol. The Balaban J connectivity index is 1.74. The number of nitrogens with one attached hydrogen (secondary N) is 2. The Kier molecular flexibility index (Phi) is 5.85. The molecule has 168 valence electrons. The van der Waals surface area contributed by atoms with E-state index in [1.165, 1.54) is 0 Å². The highest BCUT2D eigenvalue weighted by molar-refractivity contribution is 5.99. The molecule has 2 amide bonds. The number of pyridine rings is 1. The number of nitrogens with zero attached hydrogens (tertiary/aromatic N) is 5. The van der Waals surface area contributed by atoms with E-state index in [0.717, 1.165) is 22.3 Å². The molecule has 0 aliphatic heterocycles. The molecule has 4 aromatic rings. The van der Waals surface area contributed by atoms with Crippen LogP contribution in [-0.4, -0.2) is 42.6 Å². The van der Waals surface area contributed by atoms with E-state index in [4.69, 9.17) is 11.5 Å². The van der Waals surface area contributed by atoms with E-state index < -0.39 is 17.9 Å². The summed E-state index contributed by atoms with van der Waals surface area (Å²) in [6.07, 6.45) is 4.14. The molecule has 4 rings (SSSR count). The fourth-order valence-corrected chi connectivity index (χ4v) is 3.48. The number of amides is 2. The highest BCUT2D eigenvalue weighted by Crippen LogP contribution is 2.29.